The van der Waals surface area contributed by atoms with Crippen LogP contribution in [-0.4, -0.2) is 19.6 Å². The van der Waals surface area contributed by atoms with Crippen molar-refractivity contribution >= 4 is 5.69 Å². The van der Waals surface area contributed by atoms with Gasteiger partial charge in [-0.15, -0.1) is 0 Å². The van der Waals surface area contributed by atoms with Gasteiger partial charge in [-0.1, -0.05) is 31.5 Å². The van der Waals surface area contributed by atoms with E-state index in [0.29, 0.717) is 12.0 Å². The zero-order chi connectivity index (χ0) is 15.6. The van der Waals surface area contributed by atoms with Crippen LogP contribution in [0.4, 0.5) is 5.69 Å². The minimum absolute atomic E-state index is 0.369. The van der Waals surface area contributed by atoms with E-state index in [0.717, 1.165) is 18.4 Å². The van der Waals surface area contributed by atoms with Gasteiger partial charge in [0.1, 0.15) is 0 Å². The van der Waals surface area contributed by atoms with Crippen molar-refractivity contribution in [2.75, 3.05) is 18.5 Å². The largest absolute Gasteiger partial charge is 0.374 e. The van der Waals surface area contributed by atoms with Gasteiger partial charge in [0.05, 0.1) is 0 Å². The highest BCUT2D eigenvalue weighted by Crippen LogP contribution is 2.34. The van der Waals surface area contributed by atoms with Crippen LogP contribution in [0.5, 0.6) is 0 Å². The first-order chi connectivity index (χ1) is 9.88. The lowest BCUT2D eigenvalue weighted by molar-refractivity contribution is 0.193. The van der Waals surface area contributed by atoms with Gasteiger partial charge >= 0.3 is 0 Å². The summed E-state index contributed by atoms with van der Waals surface area (Å²) in [4.78, 5) is 2.40. The van der Waals surface area contributed by atoms with Crippen molar-refractivity contribution in [3.05, 3.63) is 29.3 Å². The Kier molecular flexibility index (Phi) is 5.32. The molecule has 1 aromatic carbocycles. The smallest absolute Gasteiger partial charge is 0.0393 e. The van der Waals surface area contributed by atoms with Gasteiger partial charge < -0.3 is 10.6 Å². The normalized spacial score (nSPS) is 26.1. The molecule has 0 bridgehead atoms. The lowest BCUT2D eigenvalue weighted by Gasteiger charge is -2.38. The fraction of sp³-hybridized carbons (Fsp3) is 0.684. The maximum Gasteiger partial charge on any atom is 0.0393 e. The molecule has 1 aliphatic rings. The van der Waals surface area contributed by atoms with Gasteiger partial charge in [0.15, 0.2) is 0 Å². The van der Waals surface area contributed by atoms with Crippen molar-refractivity contribution in [1.29, 1.82) is 0 Å². The third-order valence-electron chi connectivity index (χ3n) is 5.30. The van der Waals surface area contributed by atoms with Gasteiger partial charge in [-0.25, -0.2) is 0 Å². The molecule has 0 aromatic heterocycles. The van der Waals surface area contributed by atoms with Crippen LogP contribution in [0, 0.1) is 31.6 Å². The maximum atomic E-state index is 6.40. The highest BCUT2D eigenvalue weighted by molar-refractivity contribution is 5.53. The fourth-order valence-corrected chi connectivity index (χ4v) is 3.82. The fourth-order valence-electron chi connectivity index (χ4n) is 3.82. The summed E-state index contributed by atoms with van der Waals surface area (Å²) in [5.74, 6) is 2.26. The minimum Gasteiger partial charge on any atom is -0.374 e. The molecule has 0 aliphatic heterocycles. The van der Waals surface area contributed by atoms with Crippen molar-refractivity contribution < 1.29 is 0 Å². The monoisotopic (exact) mass is 288 g/mol. The molecule has 1 saturated carbocycles. The van der Waals surface area contributed by atoms with Crippen LogP contribution < -0.4 is 10.6 Å². The number of hydrogen-bond acceptors (Lipinski definition) is 2. The van der Waals surface area contributed by atoms with Gasteiger partial charge in [-0.05, 0) is 62.5 Å². The quantitative estimate of drug-likeness (QED) is 0.902. The maximum absolute atomic E-state index is 6.40. The molecule has 2 nitrogen and oxygen atoms in total. The summed E-state index contributed by atoms with van der Waals surface area (Å²) >= 11 is 0. The van der Waals surface area contributed by atoms with Crippen molar-refractivity contribution in [3.63, 3.8) is 0 Å². The van der Waals surface area contributed by atoms with E-state index in [2.05, 4.69) is 57.8 Å². The first-order valence-corrected chi connectivity index (χ1v) is 8.42. The van der Waals surface area contributed by atoms with E-state index < -0.39 is 0 Å². The molecule has 2 N–H and O–H groups in total. The standard InChI is InChI=1S/C19H32N2/c1-13(2)16-7-8-18(20)17(11-16)12-21(5)19-9-6-14(3)10-15(19)4/h6,9-10,13,16-18H,7-8,11-12,20H2,1-5H3. The average molecular weight is 288 g/mol. The second-order valence-corrected chi connectivity index (χ2v) is 7.41. The summed E-state index contributed by atoms with van der Waals surface area (Å²) in [6.07, 6.45) is 3.78. The lowest BCUT2D eigenvalue weighted by Crippen LogP contribution is -2.43. The number of nitrogens with zero attached hydrogens (tertiary/aromatic N) is 1. The molecule has 1 fully saturated rings. The van der Waals surface area contributed by atoms with Crippen molar-refractivity contribution in [3.8, 4) is 0 Å². The molecule has 0 radical (unpaired) electrons. The predicted octanol–water partition coefficient (Wildman–Crippen LogP) is 4.14. The molecule has 118 valence electrons. The summed E-state index contributed by atoms with van der Waals surface area (Å²) in [5, 5.41) is 0. The van der Waals surface area contributed by atoms with Crippen LogP contribution in [0.3, 0.4) is 0 Å². The molecule has 0 spiro atoms. The van der Waals surface area contributed by atoms with Crippen LogP contribution in [0.1, 0.15) is 44.2 Å². The van der Waals surface area contributed by atoms with Crippen LogP contribution in [0.25, 0.3) is 0 Å². The second kappa shape index (κ2) is 6.83. The molecule has 0 heterocycles. The van der Waals surface area contributed by atoms with Crippen molar-refractivity contribution in [1.82, 2.24) is 0 Å². The van der Waals surface area contributed by atoms with Gasteiger partial charge in [0, 0.05) is 25.3 Å². The molecule has 2 heteroatoms. The minimum atomic E-state index is 0.369. The highest BCUT2D eigenvalue weighted by atomic mass is 15.1. The Labute approximate surface area is 130 Å². The molecular weight excluding hydrogens is 256 g/mol. The summed E-state index contributed by atoms with van der Waals surface area (Å²) < 4.78 is 0. The Morgan fingerprint density at radius 1 is 1.24 bits per heavy atom. The summed E-state index contributed by atoms with van der Waals surface area (Å²) in [6, 6.07) is 7.09. The second-order valence-electron chi connectivity index (χ2n) is 7.41. The number of nitrogens with two attached hydrogens (primary N) is 1. The van der Waals surface area contributed by atoms with Crippen molar-refractivity contribution in [2.45, 2.75) is 53.0 Å². The van der Waals surface area contributed by atoms with E-state index in [1.807, 2.05) is 0 Å². The summed E-state index contributed by atoms with van der Waals surface area (Å²) in [5.41, 5.74) is 10.4. The summed E-state index contributed by atoms with van der Waals surface area (Å²) in [7, 11) is 2.21. The molecule has 2 rings (SSSR count). The Balaban J connectivity index is 2.05. The molecule has 1 aliphatic carbocycles. The molecule has 3 atom stereocenters. The molecule has 21 heavy (non-hydrogen) atoms. The van der Waals surface area contributed by atoms with E-state index in [9.17, 15) is 0 Å². The average Bonchev–Trinajstić information content (AvgIpc) is 2.40. The number of rotatable bonds is 4. The van der Waals surface area contributed by atoms with Crippen LogP contribution in [0.2, 0.25) is 0 Å². The Bertz CT molecular complexity index is 467. The number of hydrogen-bond donors (Lipinski definition) is 1. The SMILES string of the molecule is Cc1ccc(N(C)CC2CC(C(C)C)CCC2N)c(C)c1. The van der Waals surface area contributed by atoms with Crippen LogP contribution in [0.15, 0.2) is 18.2 Å². The zero-order valence-electron chi connectivity index (χ0n) is 14.4. The topological polar surface area (TPSA) is 29.3 Å². The predicted molar refractivity (Wildman–Crippen MR) is 92.8 cm³/mol. The molecule has 3 unspecified atom stereocenters. The molecule has 0 saturated heterocycles. The van der Waals surface area contributed by atoms with E-state index in [1.165, 1.54) is 36.1 Å². The number of aryl methyl sites for hydroxylation is 2. The summed E-state index contributed by atoms with van der Waals surface area (Å²) in [6.45, 7) is 10.1. The van der Waals surface area contributed by atoms with Gasteiger partial charge in [-0.2, -0.15) is 0 Å². The third kappa shape index (κ3) is 4.00. The molecular formula is C19H32N2. The first kappa shape index (κ1) is 16.4. The Morgan fingerprint density at radius 2 is 1.95 bits per heavy atom. The van der Waals surface area contributed by atoms with Crippen molar-refractivity contribution in [2.24, 2.45) is 23.5 Å². The van der Waals surface area contributed by atoms with Gasteiger partial charge in [-0.3, -0.25) is 0 Å². The Morgan fingerprint density at radius 3 is 2.57 bits per heavy atom. The number of benzene rings is 1. The van der Waals surface area contributed by atoms with Gasteiger partial charge in [0.25, 0.3) is 0 Å². The van der Waals surface area contributed by atoms with E-state index in [4.69, 9.17) is 5.73 Å². The third-order valence-corrected chi connectivity index (χ3v) is 5.30. The van der Waals surface area contributed by atoms with E-state index >= 15 is 0 Å². The number of anilines is 1. The lowest BCUT2D eigenvalue weighted by atomic mass is 9.73. The van der Waals surface area contributed by atoms with E-state index in [-0.39, 0.29) is 0 Å². The van der Waals surface area contributed by atoms with Gasteiger partial charge in [0.2, 0.25) is 0 Å². The first-order valence-electron chi connectivity index (χ1n) is 8.42. The highest BCUT2D eigenvalue weighted by Gasteiger charge is 2.30. The van der Waals surface area contributed by atoms with E-state index in [1.54, 1.807) is 0 Å². The van der Waals surface area contributed by atoms with Crippen LogP contribution >= 0.6 is 0 Å². The zero-order valence-corrected chi connectivity index (χ0v) is 14.4. The molecule has 1 aromatic rings. The molecule has 0 amide bonds. The van der Waals surface area contributed by atoms with Crippen LogP contribution in [-0.2, 0) is 0 Å². The Hall–Kier alpha value is -1.02.